The maximum Gasteiger partial charge on any atom is 0.228 e. The van der Waals surface area contributed by atoms with E-state index in [1.165, 1.54) is 11.1 Å². The molecule has 0 radical (unpaired) electrons. The summed E-state index contributed by atoms with van der Waals surface area (Å²) < 4.78 is 0. The topological polar surface area (TPSA) is 20.3 Å². The van der Waals surface area contributed by atoms with E-state index in [0.29, 0.717) is 11.9 Å². The van der Waals surface area contributed by atoms with Crippen molar-refractivity contribution in [2.75, 3.05) is 0 Å². The van der Waals surface area contributed by atoms with Gasteiger partial charge in [-0.15, -0.1) is 0 Å². The molecule has 2 heterocycles. The van der Waals surface area contributed by atoms with E-state index < -0.39 is 0 Å². The van der Waals surface area contributed by atoms with Crippen LogP contribution in [0.25, 0.3) is 0 Å². The van der Waals surface area contributed by atoms with E-state index in [9.17, 15) is 4.79 Å². The van der Waals surface area contributed by atoms with Crippen LogP contribution >= 0.6 is 0 Å². The normalized spacial score (nSPS) is 26.5. The fourth-order valence-corrected chi connectivity index (χ4v) is 3.07. The lowest BCUT2D eigenvalue weighted by molar-refractivity contribution is -0.136. The van der Waals surface area contributed by atoms with Crippen molar-refractivity contribution in [2.24, 2.45) is 5.41 Å². The van der Waals surface area contributed by atoms with Crippen LogP contribution in [0.2, 0.25) is 0 Å². The highest BCUT2D eigenvalue weighted by molar-refractivity contribution is 5.85. The predicted molar refractivity (Wildman–Crippen MR) is 62.9 cm³/mol. The zero-order chi connectivity index (χ0) is 11.3. The fraction of sp³-hybridized carbons (Fsp3) is 0.500. The van der Waals surface area contributed by atoms with Gasteiger partial charge in [0.25, 0.3) is 0 Å². The van der Waals surface area contributed by atoms with E-state index in [4.69, 9.17) is 0 Å². The molecule has 2 aliphatic heterocycles. The van der Waals surface area contributed by atoms with Crippen LogP contribution in [0.15, 0.2) is 24.3 Å². The lowest BCUT2D eigenvalue weighted by Gasteiger charge is -2.31. The molecule has 0 N–H and O–H groups in total. The third kappa shape index (κ3) is 1.29. The molecule has 16 heavy (non-hydrogen) atoms. The highest BCUT2D eigenvalue weighted by Crippen LogP contribution is 2.40. The molecule has 1 unspecified atom stereocenters. The van der Waals surface area contributed by atoms with Crippen molar-refractivity contribution in [1.82, 2.24) is 4.90 Å². The third-order valence-corrected chi connectivity index (χ3v) is 3.94. The van der Waals surface area contributed by atoms with Gasteiger partial charge in [-0.3, -0.25) is 4.79 Å². The summed E-state index contributed by atoms with van der Waals surface area (Å²) in [5.74, 6) is 0.326. The van der Waals surface area contributed by atoms with E-state index in [2.05, 4.69) is 43.0 Å². The number of amides is 1. The Labute approximate surface area is 96.3 Å². The van der Waals surface area contributed by atoms with Gasteiger partial charge in [-0.1, -0.05) is 38.1 Å². The van der Waals surface area contributed by atoms with Crippen molar-refractivity contribution in [2.45, 2.75) is 39.3 Å². The smallest absolute Gasteiger partial charge is 0.228 e. The number of hydrogen-bond acceptors (Lipinski definition) is 1. The van der Waals surface area contributed by atoms with Gasteiger partial charge in [-0.25, -0.2) is 0 Å². The minimum Gasteiger partial charge on any atom is -0.335 e. The van der Waals surface area contributed by atoms with Gasteiger partial charge in [-0.05, 0) is 24.0 Å². The molecule has 0 spiro atoms. The van der Waals surface area contributed by atoms with E-state index in [1.807, 2.05) is 0 Å². The van der Waals surface area contributed by atoms with Crippen molar-refractivity contribution in [1.29, 1.82) is 0 Å². The molecule has 0 aliphatic carbocycles. The van der Waals surface area contributed by atoms with E-state index >= 15 is 0 Å². The van der Waals surface area contributed by atoms with E-state index in [1.54, 1.807) is 0 Å². The van der Waals surface area contributed by atoms with Gasteiger partial charge >= 0.3 is 0 Å². The van der Waals surface area contributed by atoms with Gasteiger partial charge in [0.1, 0.15) is 0 Å². The second-order valence-electron chi connectivity index (χ2n) is 5.65. The average molecular weight is 215 g/mol. The molecule has 84 valence electrons. The molecular weight excluding hydrogens is 198 g/mol. The number of nitrogens with zero attached hydrogens (tertiary/aromatic N) is 1. The number of hydrogen-bond donors (Lipinski definition) is 0. The maximum atomic E-state index is 12.2. The average Bonchev–Trinajstić information content (AvgIpc) is 2.47. The summed E-state index contributed by atoms with van der Waals surface area (Å²) in [6.07, 6.45) is 2.03. The summed E-state index contributed by atoms with van der Waals surface area (Å²) in [6, 6.07) is 8.92. The number of carbonyl (C=O) groups is 1. The Kier molecular flexibility index (Phi) is 1.91. The molecule has 2 aliphatic rings. The monoisotopic (exact) mass is 215 g/mol. The molecule has 1 amide bonds. The number of fused-ring (bicyclic) bond motifs is 2. The molecule has 0 saturated carbocycles. The highest BCUT2D eigenvalue weighted by atomic mass is 16.2. The lowest BCUT2D eigenvalue weighted by atomic mass is 9.87. The summed E-state index contributed by atoms with van der Waals surface area (Å²) in [6.45, 7) is 4.94. The number of carbonyl (C=O) groups excluding carboxylic acids is 1. The van der Waals surface area contributed by atoms with Crippen LogP contribution in [0.1, 0.15) is 31.4 Å². The van der Waals surface area contributed by atoms with Gasteiger partial charge in [0, 0.05) is 18.0 Å². The van der Waals surface area contributed by atoms with Gasteiger partial charge in [0.05, 0.1) is 0 Å². The molecule has 0 aromatic heterocycles. The van der Waals surface area contributed by atoms with Crippen molar-refractivity contribution < 1.29 is 4.79 Å². The zero-order valence-electron chi connectivity index (χ0n) is 9.86. The first kappa shape index (κ1) is 9.88. The minimum atomic E-state index is -0.160. The molecule has 1 aromatic carbocycles. The molecule has 1 saturated heterocycles. The fourth-order valence-electron chi connectivity index (χ4n) is 3.07. The standard InChI is InChI=1S/C14H17NO/c1-14(2)8-12-7-10-5-3-4-6-11(10)9-15(12)13(14)16/h3-6,12H,7-9H2,1-2H3. The van der Waals surface area contributed by atoms with Gasteiger partial charge in [0.2, 0.25) is 5.91 Å². The van der Waals surface area contributed by atoms with Crippen molar-refractivity contribution in [3.05, 3.63) is 35.4 Å². The Hall–Kier alpha value is -1.31. The molecular formula is C14H17NO. The van der Waals surface area contributed by atoms with Gasteiger partial charge in [-0.2, -0.15) is 0 Å². The first-order valence-corrected chi connectivity index (χ1v) is 5.96. The number of benzene rings is 1. The minimum absolute atomic E-state index is 0.160. The highest BCUT2D eigenvalue weighted by Gasteiger charge is 2.46. The lowest BCUT2D eigenvalue weighted by Crippen LogP contribution is -2.39. The molecule has 1 aromatic rings. The predicted octanol–water partition coefficient (Wildman–Crippen LogP) is 2.37. The quantitative estimate of drug-likeness (QED) is 0.650. The van der Waals surface area contributed by atoms with Crippen LogP contribution in [-0.2, 0) is 17.8 Å². The summed E-state index contributed by atoms with van der Waals surface area (Å²) in [5.41, 5.74) is 2.59. The third-order valence-electron chi connectivity index (χ3n) is 3.94. The van der Waals surface area contributed by atoms with Crippen LogP contribution in [0, 0.1) is 5.41 Å². The van der Waals surface area contributed by atoms with E-state index in [-0.39, 0.29) is 5.41 Å². The Morgan fingerprint density at radius 3 is 2.69 bits per heavy atom. The van der Waals surface area contributed by atoms with Gasteiger partial charge in [0.15, 0.2) is 0 Å². The second kappa shape index (κ2) is 3.09. The van der Waals surface area contributed by atoms with Crippen LogP contribution < -0.4 is 0 Å². The van der Waals surface area contributed by atoms with Crippen molar-refractivity contribution in [3.8, 4) is 0 Å². The Bertz CT molecular complexity index is 450. The summed E-state index contributed by atoms with van der Waals surface area (Å²) in [5, 5.41) is 0. The first-order chi connectivity index (χ1) is 7.58. The first-order valence-electron chi connectivity index (χ1n) is 5.96. The Balaban J connectivity index is 1.97. The van der Waals surface area contributed by atoms with Crippen molar-refractivity contribution >= 4 is 5.91 Å². The Morgan fingerprint density at radius 1 is 1.25 bits per heavy atom. The molecule has 1 atom stereocenters. The van der Waals surface area contributed by atoms with Crippen molar-refractivity contribution in [3.63, 3.8) is 0 Å². The summed E-state index contributed by atoms with van der Waals surface area (Å²) in [7, 11) is 0. The van der Waals surface area contributed by atoms with Gasteiger partial charge < -0.3 is 4.90 Å². The van der Waals surface area contributed by atoms with Crippen LogP contribution in [0.5, 0.6) is 0 Å². The molecule has 3 rings (SSSR count). The SMILES string of the molecule is CC1(C)CC2Cc3ccccc3CN2C1=O. The maximum absolute atomic E-state index is 12.2. The molecule has 1 fully saturated rings. The van der Waals surface area contributed by atoms with Crippen LogP contribution in [0.4, 0.5) is 0 Å². The molecule has 2 heteroatoms. The summed E-state index contributed by atoms with van der Waals surface area (Å²) >= 11 is 0. The summed E-state index contributed by atoms with van der Waals surface area (Å²) in [4.78, 5) is 14.3. The molecule has 2 nitrogen and oxygen atoms in total. The number of rotatable bonds is 0. The van der Waals surface area contributed by atoms with E-state index in [0.717, 1.165) is 19.4 Å². The second-order valence-corrected chi connectivity index (χ2v) is 5.65. The van der Waals surface area contributed by atoms with Crippen LogP contribution in [-0.4, -0.2) is 16.8 Å². The Morgan fingerprint density at radius 2 is 1.94 bits per heavy atom. The molecule has 0 bridgehead atoms. The van der Waals surface area contributed by atoms with Crippen LogP contribution in [0.3, 0.4) is 0 Å². The largest absolute Gasteiger partial charge is 0.335 e. The zero-order valence-corrected chi connectivity index (χ0v) is 9.86.